The Morgan fingerprint density at radius 3 is 2.90 bits per heavy atom. The summed E-state index contributed by atoms with van der Waals surface area (Å²) >= 11 is 0. The second-order valence-corrected chi connectivity index (χ2v) is 4.98. The first kappa shape index (κ1) is 12.9. The van der Waals surface area contributed by atoms with E-state index < -0.39 is 0 Å². The highest BCUT2D eigenvalue weighted by molar-refractivity contribution is 5.82. The van der Waals surface area contributed by atoms with Gasteiger partial charge in [0.25, 0.3) is 0 Å². The molecule has 1 fully saturated rings. The second kappa shape index (κ2) is 5.88. The fourth-order valence-electron chi connectivity index (χ4n) is 2.40. The van der Waals surface area contributed by atoms with E-state index in [-0.39, 0.29) is 11.9 Å². The summed E-state index contributed by atoms with van der Waals surface area (Å²) in [5.74, 6) is 0.115. The van der Waals surface area contributed by atoms with Crippen LogP contribution in [0.25, 0.3) is 5.69 Å². The Morgan fingerprint density at radius 1 is 1.35 bits per heavy atom. The van der Waals surface area contributed by atoms with Crippen LogP contribution in [0.5, 0.6) is 0 Å². The molecular formula is C15H18N4O. The maximum absolute atomic E-state index is 11.6. The van der Waals surface area contributed by atoms with E-state index in [1.54, 1.807) is 6.20 Å². The molecule has 1 aliphatic heterocycles. The quantitative estimate of drug-likeness (QED) is 0.879. The summed E-state index contributed by atoms with van der Waals surface area (Å²) in [7, 11) is 0. The van der Waals surface area contributed by atoms with E-state index in [2.05, 4.69) is 27.9 Å². The highest BCUT2D eigenvalue weighted by Gasteiger charge is 2.20. The maximum atomic E-state index is 11.6. The van der Waals surface area contributed by atoms with Crippen LogP contribution in [0.4, 0.5) is 0 Å². The van der Waals surface area contributed by atoms with Crippen molar-refractivity contribution in [3.8, 4) is 5.69 Å². The van der Waals surface area contributed by atoms with Crippen LogP contribution in [0, 0.1) is 0 Å². The molecule has 0 radical (unpaired) electrons. The number of carbonyl (C=O) groups is 1. The molecule has 0 aliphatic carbocycles. The van der Waals surface area contributed by atoms with Gasteiger partial charge in [-0.3, -0.25) is 4.79 Å². The van der Waals surface area contributed by atoms with E-state index in [1.807, 2.05) is 29.1 Å². The lowest BCUT2D eigenvalue weighted by Gasteiger charge is -2.22. The van der Waals surface area contributed by atoms with Crippen molar-refractivity contribution in [1.82, 2.24) is 20.4 Å². The van der Waals surface area contributed by atoms with Crippen molar-refractivity contribution >= 4 is 5.91 Å². The van der Waals surface area contributed by atoms with Gasteiger partial charge in [-0.1, -0.05) is 12.1 Å². The molecule has 104 valence electrons. The summed E-state index contributed by atoms with van der Waals surface area (Å²) in [6.45, 7) is 1.51. The fourth-order valence-corrected chi connectivity index (χ4v) is 2.40. The van der Waals surface area contributed by atoms with Gasteiger partial charge in [0.1, 0.15) is 0 Å². The zero-order chi connectivity index (χ0) is 13.8. The van der Waals surface area contributed by atoms with Gasteiger partial charge in [0.15, 0.2) is 0 Å². The van der Waals surface area contributed by atoms with Gasteiger partial charge in [-0.25, -0.2) is 4.68 Å². The highest BCUT2D eigenvalue weighted by atomic mass is 16.2. The van der Waals surface area contributed by atoms with Crippen LogP contribution in [0.1, 0.15) is 18.4 Å². The number of piperidine rings is 1. The Bertz CT molecular complexity index is 562. The van der Waals surface area contributed by atoms with Crippen molar-refractivity contribution < 1.29 is 4.79 Å². The molecule has 3 rings (SSSR count). The van der Waals surface area contributed by atoms with E-state index in [1.165, 1.54) is 5.56 Å². The molecule has 2 heterocycles. The zero-order valence-corrected chi connectivity index (χ0v) is 11.2. The van der Waals surface area contributed by atoms with Crippen molar-refractivity contribution in [3.63, 3.8) is 0 Å². The molecule has 0 bridgehead atoms. The summed E-state index contributed by atoms with van der Waals surface area (Å²) in [4.78, 5) is 11.6. The lowest BCUT2D eigenvalue weighted by atomic mass is 10.1. The smallest absolute Gasteiger partial charge is 0.237 e. The van der Waals surface area contributed by atoms with Crippen LogP contribution in [0.15, 0.2) is 42.7 Å². The topological polar surface area (TPSA) is 59.0 Å². The zero-order valence-electron chi connectivity index (χ0n) is 11.2. The Labute approximate surface area is 118 Å². The molecule has 1 amide bonds. The van der Waals surface area contributed by atoms with Crippen molar-refractivity contribution in [2.24, 2.45) is 0 Å². The molecule has 5 heteroatoms. The Morgan fingerprint density at radius 2 is 2.20 bits per heavy atom. The van der Waals surface area contributed by atoms with E-state index in [0.29, 0.717) is 6.54 Å². The lowest BCUT2D eigenvalue weighted by Crippen LogP contribution is -2.47. The van der Waals surface area contributed by atoms with Crippen molar-refractivity contribution in [2.45, 2.75) is 25.4 Å². The van der Waals surface area contributed by atoms with Crippen LogP contribution in [-0.4, -0.2) is 28.3 Å². The average molecular weight is 270 g/mol. The van der Waals surface area contributed by atoms with Gasteiger partial charge < -0.3 is 10.6 Å². The number of benzene rings is 1. The first-order chi connectivity index (χ1) is 9.83. The molecule has 0 spiro atoms. The molecule has 1 aliphatic rings. The standard InChI is InChI=1S/C15H18N4O/c20-15-14(3-1-8-16-15)17-11-12-4-6-13(7-5-12)19-10-2-9-18-19/h2,4-7,9-10,14,17H,1,3,8,11H2,(H,16,20). The molecule has 2 N–H and O–H groups in total. The molecule has 1 unspecified atom stereocenters. The normalized spacial score (nSPS) is 18.8. The summed E-state index contributed by atoms with van der Waals surface area (Å²) in [6.07, 6.45) is 5.63. The number of hydrogen-bond donors (Lipinski definition) is 2. The van der Waals surface area contributed by atoms with Gasteiger partial charge in [-0.05, 0) is 36.6 Å². The van der Waals surface area contributed by atoms with E-state index >= 15 is 0 Å². The Hall–Kier alpha value is -2.14. The first-order valence-corrected chi connectivity index (χ1v) is 6.93. The van der Waals surface area contributed by atoms with Gasteiger partial charge >= 0.3 is 0 Å². The number of aromatic nitrogens is 2. The molecular weight excluding hydrogens is 252 g/mol. The van der Waals surface area contributed by atoms with Crippen molar-refractivity contribution in [3.05, 3.63) is 48.3 Å². The number of rotatable bonds is 4. The van der Waals surface area contributed by atoms with Crippen molar-refractivity contribution in [1.29, 1.82) is 0 Å². The van der Waals surface area contributed by atoms with Crippen LogP contribution in [0.2, 0.25) is 0 Å². The predicted molar refractivity (Wildman–Crippen MR) is 76.4 cm³/mol. The lowest BCUT2D eigenvalue weighted by molar-refractivity contribution is -0.124. The minimum atomic E-state index is -0.0606. The Balaban J connectivity index is 1.59. The summed E-state index contributed by atoms with van der Waals surface area (Å²) in [5.41, 5.74) is 2.20. The third-order valence-corrected chi connectivity index (χ3v) is 3.54. The molecule has 1 aromatic heterocycles. The van der Waals surface area contributed by atoms with Gasteiger partial charge in [0.2, 0.25) is 5.91 Å². The number of hydrogen-bond acceptors (Lipinski definition) is 3. The number of nitrogens with zero attached hydrogens (tertiary/aromatic N) is 2. The number of nitrogens with one attached hydrogen (secondary N) is 2. The molecule has 20 heavy (non-hydrogen) atoms. The average Bonchev–Trinajstić information content (AvgIpc) is 3.01. The largest absolute Gasteiger partial charge is 0.355 e. The number of amides is 1. The predicted octanol–water partition coefficient (Wildman–Crippen LogP) is 1.24. The molecule has 1 atom stereocenters. The SMILES string of the molecule is O=C1NCCCC1NCc1ccc(-n2cccn2)cc1. The van der Waals surface area contributed by atoms with Crippen LogP contribution in [0.3, 0.4) is 0 Å². The fraction of sp³-hybridized carbons (Fsp3) is 0.333. The minimum Gasteiger partial charge on any atom is -0.355 e. The summed E-state index contributed by atoms with van der Waals surface area (Å²) in [6, 6.07) is 10.0. The van der Waals surface area contributed by atoms with Gasteiger partial charge in [0.05, 0.1) is 11.7 Å². The summed E-state index contributed by atoms with van der Waals surface area (Å²) in [5, 5.41) is 10.4. The van der Waals surface area contributed by atoms with E-state index in [0.717, 1.165) is 25.1 Å². The molecule has 5 nitrogen and oxygen atoms in total. The Kier molecular flexibility index (Phi) is 3.78. The first-order valence-electron chi connectivity index (χ1n) is 6.93. The molecule has 2 aromatic rings. The van der Waals surface area contributed by atoms with E-state index in [4.69, 9.17) is 0 Å². The second-order valence-electron chi connectivity index (χ2n) is 4.98. The van der Waals surface area contributed by atoms with Crippen LogP contribution >= 0.6 is 0 Å². The molecule has 1 saturated heterocycles. The van der Waals surface area contributed by atoms with Crippen LogP contribution in [-0.2, 0) is 11.3 Å². The number of carbonyl (C=O) groups excluding carboxylic acids is 1. The van der Waals surface area contributed by atoms with Crippen LogP contribution < -0.4 is 10.6 Å². The summed E-state index contributed by atoms with van der Waals surface area (Å²) < 4.78 is 1.83. The third kappa shape index (κ3) is 2.88. The van der Waals surface area contributed by atoms with Gasteiger partial charge in [-0.2, -0.15) is 5.10 Å². The monoisotopic (exact) mass is 270 g/mol. The van der Waals surface area contributed by atoms with E-state index in [9.17, 15) is 4.79 Å². The molecule has 1 aromatic carbocycles. The van der Waals surface area contributed by atoms with Gasteiger partial charge in [-0.15, -0.1) is 0 Å². The highest BCUT2D eigenvalue weighted by Crippen LogP contribution is 2.10. The third-order valence-electron chi connectivity index (χ3n) is 3.54. The minimum absolute atomic E-state index is 0.0606. The molecule has 0 saturated carbocycles. The van der Waals surface area contributed by atoms with Crippen molar-refractivity contribution in [2.75, 3.05) is 6.54 Å². The maximum Gasteiger partial charge on any atom is 0.237 e. The van der Waals surface area contributed by atoms with Gasteiger partial charge in [0, 0.05) is 25.5 Å².